The van der Waals surface area contributed by atoms with Gasteiger partial charge < -0.3 is 5.73 Å². The summed E-state index contributed by atoms with van der Waals surface area (Å²) in [6.45, 7) is 0.0524. The molecule has 0 bridgehead atoms. The van der Waals surface area contributed by atoms with Crippen LogP contribution in [-0.4, -0.2) is 12.3 Å². The summed E-state index contributed by atoms with van der Waals surface area (Å²) in [5.74, 6) is -0.0584. The van der Waals surface area contributed by atoms with E-state index in [1.54, 1.807) is 11.4 Å². The second-order valence-electron chi connectivity index (χ2n) is 1.76. The van der Waals surface area contributed by atoms with E-state index in [4.69, 9.17) is 17.3 Å². The molecule has 0 unspecified atom stereocenters. The first-order valence-electron chi connectivity index (χ1n) is 2.71. The van der Waals surface area contributed by atoms with E-state index in [-0.39, 0.29) is 12.3 Å². The van der Waals surface area contributed by atoms with Crippen molar-refractivity contribution in [2.75, 3.05) is 6.54 Å². The van der Waals surface area contributed by atoms with Crippen LogP contribution in [0.1, 0.15) is 9.67 Å². The normalized spacial score (nSPS) is 9.80. The first-order chi connectivity index (χ1) is 4.74. The zero-order valence-electron chi connectivity index (χ0n) is 5.13. The van der Waals surface area contributed by atoms with Gasteiger partial charge in [-0.15, -0.1) is 11.3 Å². The Morgan fingerprint density at radius 3 is 2.90 bits per heavy atom. The summed E-state index contributed by atoms with van der Waals surface area (Å²) in [7, 11) is 0. The molecule has 2 nitrogen and oxygen atoms in total. The molecule has 0 aliphatic rings. The zero-order chi connectivity index (χ0) is 7.56. The Balaban J connectivity index is 2.85. The molecule has 0 saturated carbocycles. The van der Waals surface area contributed by atoms with Crippen molar-refractivity contribution < 1.29 is 4.79 Å². The summed E-state index contributed by atoms with van der Waals surface area (Å²) in [5.41, 5.74) is 5.13. The van der Waals surface area contributed by atoms with E-state index in [0.29, 0.717) is 9.90 Å². The summed E-state index contributed by atoms with van der Waals surface area (Å²) >= 11 is 6.90. The average molecular weight is 176 g/mol. The third-order valence-corrected chi connectivity index (χ3v) is 2.35. The maximum Gasteiger partial charge on any atom is 0.186 e. The van der Waals surface area contributed by atoms with Crippen LogP contribution in [0.25, 0.3) is 0 Å². The van der Waals surface area contributed by atoms with E-state index in [9.17, 15) is 4.79 Å². The number of Topliss-reactive ketones (excluding diaryl/α,β-unsaturated/α-hetero) is 1. The van der Waals surface area contributed by atoms with E-state index in [1.165, 1.54) is 11.3 Å². The van der Waals surface area contributed by atoms with Crippen LogP contribution in [0, 0.1) is 0 Å². The van der Waals surface area contributed by atoms with Crippen LogP contribution in [0.3, 0.4) is 0 Å². The quantitative estimate of drug-likeness (QED) is 0.693. The Bertz CT molecular complexity index is 246. The summed E-state index contributed by atoms with van der Waals surface area (Å²) in [6.07, 6.45) is 0. The highest BCUT2D eigenvalue weighted by Gasteiger charge is 2.04. The first-order valence-corrected chi connectivity index (χ1v) is 3.97. The van der Waals surface area contributed by atoms with Gasteiger partial charge in [0.05, 0.1) is 16.4 Å². The molecule has 0 fully saturated rings. The Kier molecular flexibility index (Phi) is 2.43. The lowest BCUT2D eigenvalue weighted by molar-refractivity contribution is 0.100. The Morgan fingerprint density at radius 2 is 2.50 bits per heavy atom. The van der Waals surface area contributed by atoms with Gasteiger partial charge in [0.25, 0.3) is 0 Å². The van der Waals surface area contributed by atoms with Gasteiger partial charge in [-0.25, -0.2) is 0 Å². The number of hydrogen-bond acceptors (Lipinski definition) is 3. The smallest absolute Gasteiger partial charge is 0.186 e. The van der Waals surface area contributed by atoms with Crippen molar-refractivity contribution in [2.24, 2.45) is 5.73 Å². The van der Waals surface area contributed by atoms with Crippen molar-refractivity contribution in [3.63, 3.8) is 0 Å². The van der Waals surface area contributed by atoms with Crippen LogP contribution in [0.5, 0.6) is 0 Å². The van der Waals surface area contributed by atoms with Gasteiger partial charge >= 0.3 is 0 Å². The van der Waals surface area contributed by atoms with E-state index >= 15 is 0 Å². The number of halogens is 1. The maximum absolute atomic E-state index is 10.9. The molecule has 0 saturated heterocycles. The molecule has 4 heteroatoms. The minimum Gasteiger partial charge on any atom is -0.324 e. The van der Waals surface area contributed by atoms with E-state index in [2.05, 4.69) is 0 Å². The van der Waals surface area contributed by atoms with Gasteiger partial charge in [-0.3, -0.25) is 4.79 Å². The number of carbonyl (C=O) groups is 1. The molecule has 1 heterocycles. The lowest BCUT2D eigenvalue weighted by atomic mass is 10.3. The highest BCUT2D eigenvalue weighted by Crippen LogP contribution is 2.18. The highest BCUT2D eigenvalue weighted by atomic mass is 35.5. The van der Waals surface area contributed by atoms with Crippen molar-refractivity contribution in [1.29, 1.82) is 0 Å². The molecule has 0 amide bonds. The SMILES string of the molecule is NCC(=O)c1cc(Cl)cs1. The second-order valence-corrected chi connectivity index (χ2v) is 3.10. The van der Waals surface area contributed by atoms with Crippen molar-refractivity contribution in [3.05, 3.63) is 21.3 Å². The average Bonchev–Trinajstić information content (AvgIpc) is 2.34. The van der Waals surface area contributed by atoms with Crippen molar-refractivity contribution in [1.82, 2.24) is 0 Å². The number of rotatable bonds is 2. The van der Waals surface area contributed by atoms with Gasteiger partial charge in [0.2, 0.25) is 0 Å². The molecular formula is C6H6ClNOS. The molecule has 54 valence electrons. The Morgan fingerprint density at radius 1 is 1.80 bits per heavy atom. The number of thiophene rings is 1. The van der Waals surface area contributed by atoms with Crippen molar-refractivity contribution in [2.45, 2.75) is 0 Å². The van der Waals surface area contributed by atoms with Gasteiger partial charge in [-0.05, 0) is 6.07 Å². The van der Waals surface area contributed by atoms with E-state index < -0.39 is 0 Å². The monoisotopic (exact) mass is 175 g/mol. The molecule has 1 rings (SSSR count). The molecule has 0 spiro atoms. The molecule has 1 aromatic heterocycles. The maximum atomic E-state index is 10.9. The summed E-state index contributed by atoms with van der Waals surface area (Å²) in [6, 6.07) is 1.63. The molecular weight excluding hydrogens is 170 g/mol. The summed E-state index contributed by atoms with van der Waals surface area (Å²) in [5, 5.41) is 2.31. The topological polar surface area (TPSA) is 43.1 Å². The largest absolute Gasteiger partial charge is 0.324 e. The predicted molar refractivity (Wildman–Crippen MR) is 42.7 cm³/mol. The van der Waals surface area contributed by atoms with Crippen LogP contribution in [0.15, 0.2) is 11.4 Å². The third-order valence-electron chi connectivity index (χ3n) is 1.03. The van der Waals surface area contributed by atoms with Crippen LogP contribution in [-0.2, 0) is 0 Å². The highest BCUT2D eigenvalue weighted by molar-refractivity contribution is 7.12. The summed E-state index contributed by atoms with van der Waals surface area (Å²) < 4.78 is 0. The van der Waals surface area contributed by atoms with Gasteiger partial charge in [-0.2, -0.15) is 0 Å². The van der Waals surface area contributed by atoms with Crippen LogP contribution in [0.4, 0.5) is 0 Å². The number of ketones is 1. The number of hydrogen-bond donors (Lipinski definition) is 1. The summed E-state index contributed by atoms with van der Waals surface area (Å²) in [4.78, 5) is 11.5. The van der Waals surface area contributed by atoms with Crippen LogP contribution in [0.2, 0.25) is 5.02 Å². The zero-order valence-corrected chi connectivity index (χ0v) is 6.71. The fourth-order valence-electron chi connectivity index (χ4n) is 0.560. The molecule has 2 N–H and O–H groups in total. The Labute approximate surface area is 67.6 Å². The molecule has 1 aromatic rings. The van der Waals surface area contributed by atoms with Crippen molar-refractivity contribution in [3.8, 4) is 0 Å². The van der Waals surface area contributed by atoms with Gasteiger partial charge in [0.15, 0.2) is 5.78 Å². The Hall–Kier alpha value is -0.380. The predicted octanol–water partition coefficient (Wildman–Crippen LogP) is 1.54. The lowest BCUT2D eigenvalue weighted by Crippen LogP contribution is -2.11. The molecule has 0 radical (unpaired) electrons. The molecule has 0 atom stereocenters. The number of carbonyl (C=O) groups excluding carboxylic acids is 1. The molecule has 0 aliphatic carbocycles. The third kappa shape index (κ3) is 1.56. The van der Waals surface area contributed by atoms with Crippen molar-refractivity contribution >= 4 is 28.7 Å². The molecule has 0 aliphatic heterocycles. The van der Waals surface area contributed by atoms with Gasteiger partial charge in [0, 0.05) is 5.38 Å². The number of nitrogens with two attached hydrogens (primary N) is 1. The standard InChI is InChI=1S/C6H6ClNOS/c7-4-1-6(10-3-4)5(9)2-8/h1,3H,2,8H2. The lowest BCUT2D eigenvalue weighted by Gasteiger charge is -1.87. The molecule has 0 aromatic carbocycles. The van der Waals surface area contributed by atoms with Gasteiger partial charge in [0.1, 0.15) is 0 Å². The second kappa shape index (κ2) is 3.14. The molecule has 10 heavy (non-hydrogen) atoms. The van der Waals surface area contributed by atoms with E-state index in [0.717, 1.165) is 0 Å². The minimum atomic E-state index is -0.0584. The first kappa shape index (κ1) is 7.72. The van der Waals surface area contributed by atoms with Crippen LogP contribution < -0.4 is 5.73 Å². The fourth-order valence-corrected chi connectivity index (χ4v) is 1.58. The van der Waals surface area contributed by atoms with Gasteiger partial charge in [-0.1, -0.05) is 11.6 Å². The minimum absolute atomic E-state index is 0.0524. The fraction of sp³-hybridized carbons (Fsp3) is 0.167. The van der Waals surface area contributed by atoms with Crippen LogP contribution >= 0.6 is 22.9 Å². The van der Waals surface area contributed by atoms with E-state index in [1.807, 2.05) is 0 Å².